The summed E-state index contributed by atoms with van der Waals surface area (Å²) in [5.41, 5.74) is 3.20. The van der Waals surface area contributed by atoms with Gasteiger partial charge < -0.3 is 9.72 Å². The van der Waals surface area contributed by atoms with E-state index < -0.39 is 5.82 Å². The summed E-state index contributed by atoms with van der Waals surface area (Å²) in [5.74, 6) is 0.0211. The van der Waals surface area contributed by atoms with Gasteiger partial charge in [0.05, 0.1) is 22.9 Å². The van der Waals surface area contributed by atoms with E-state index >= 15 is 4.39 Å². The van der Waals surface area contributed by atoms with Crippen molar-refractivity contribution >= 4 is 40.4 Å². The van der Waals surface area contributed by atoms with E-state index in [1.165, 1.54) is 6.42 Å². The molecule has 4 heterocycles. The third-order valence-electron chi connectivity index (χ3n) is 5.66. The topological polar surface area (TPSA) is 78.3 Å². The molecule has 4 aromatic rings. The van der Waals surface area contributed by atoms with Crippen LogP contribution in [0.2, 0.25) is 5.02 Å². The zero-order valence-electron chi connectivity index (χ0n) is 16.2. The molecule has 0 radical (unpaired) electrons. The normalized spacial score (nSPS) is 15.1. The Hall–Kier alpha value is -2.97. The molecule has 0 spiro atoms. The molecule has 1 fully saturated rings. The number of piperidine rings is 1. The predicted octanol–water partition coefficient (Wildman–Crippen LogP) is 4.22. The molecule has 0 atom stereocenters. The summed E-state index contributed by atoms with van der Waals surface area (Å²) in [6.07, 6.45) is 9.25. The largest absolute Gasteiger partial charge is 0.312 e. The molecular weight excluding hydrogens is 407 g/mol. The van der Waals surface area contributed by atoms with Crippen LogP contribution in [0.25, 0.3) is 27.7 Å². The van der Waals surface area contributed by atoms with E-state index in [1.54, 1.807) is 22.9 Å². The van der Waals surface area contributed by atoms with Gasteiger partial charge in [0.25, 0.3) is 0 Å². The molecule has 1 aliphatic heterocycles. The summed E-state index contributed by atoms with van der Waals surface area (Å²) in [5, 5.41) is 10.5. The molecule has 2 N–H and O–H groups in total. The summed E-state index contributed by atoms with van der Waals surface area (Å²) >= 11 is 6.57. The number of hydrogen-bond donors (Lipinski definition) is 2. The van der Waals surface area contributed by atoms with Crippen LogP contribution in [0.15, 0.2) is 30.7 Å². The molecule has 0 bridgehead atoms. The number of carbonyl (C=O) groups is 1. The molecule has 30 heavy (non-hydrogen) atoms. The number of anilines is 1. The van der Waals surface area contributed by atoms with Crippen molar-refractivity contribution in [1.82, 2.24) is 24.5 Å². The second-order valence-corrected chi connectivity index (χ2v) is 7.93. The van der Waals surface area contributed by atoms with Crippen molar-refractivity contribution < 1.29 is 9.18 Å². The van der Waals surface area contributed by atoms with E-state index in [4.69, 9.17) is 11.6 Å². The molecule has 0 unspecified atom stereocenters. The van der Waals surface area contributed by atoms with Crippen LogP contribution in [0.4, 0.5) is 10.2 Å². The number of likely N-dealkylation sites (tertiary alicyclic amines) is 1. The average Bonchev–Trinajstić information content (AvgIpc) is 3.39. The molecule has 5 rings (SSSR count). The zero-order chi connectivity index (χ0) is 20.7. The Kier molecular flexibility index (Phi) is 4.88. The van der Waals surface area contributed by atoms with Crippen LogP contribution >= 0.6 is 11.6 Å². The summed E-state index contributed by atoms with van der Waals surface area (Å²) in [6, 6.07) is 3.64. The smallest absolute Gasteiger partial charge is 0.212 e. The molecule has 0 aliphatic carbocycles. The van der Waals surface area contributed by atoms with Gasteiger partial charge in [-0.25, -0.2) is 9.37 Å². The Bertz CT molecular complexity index is 1240. The minimum absolute atomic E-state index is 0.0848. The van der Waals surface area contributed by atoms with Crippen LogP contribution < -0.4 is 5.32 Å². The summed E-state index contributed by atoms with van der Waals surface area (Å²) in [4.78, 5) is 17.2. The quantitative estimate of drug-likeness (QED) is 0.468. The van der Waals surface area contributed by atoms with Crippen LogP contribution in [0.5, 0.6) is 0 Å². The number of carbonyl (C=O) groups excluding carboxylic acids is 1. The highest BCUT2D eigenvalue weighted by molar-refractivity contribution is 6.35. The second-order valence-electron chi connectivity index (χ2n) is 7.55. The van der Waals surface area contributed by atoms with Gasteiger partial charge in [-0.1, -0.05) is 18.0 Å². The minimum atomic E-state index is -0.414. The first-order valence-corrected chi connectivity index (χ1v) is 10.3. The van der Waals surface area contributed by atoms with E-state index in [2.05, 4.69) is 25.4 Å². The van der Waals surface area contributed by atoms with Gasteiger partial charge in [-0.2, -0.15) is 5.10 Å². The van der Waals surface area contributed by atoms with E-state index in [0.29, 0.717) is 41.1 Å². The number of hydrogen-bond acceptors (Lipinski definition) is 4. The maximum absolute atomic E-state index is 15.5. The van der Waals surface area contributed by atoms with Gasteiger partial charge in [-0.15, -0.1) is 0 Å². The SMILES string of the molecule is O=CNc1cn2cc(-c3c(Cl)c(F)c(CN4CCCCC4)c4[nH]ncc34)ccc2n1. The maximum atomic E-state index is 15.5. The molecule has 7 nitrogen and oxygen atoms in total. The highest BCUT2D eigenvalue weighted by Crippen LogP contribution is 2.39. The third-order valence-corrected chi connectivity index (χ3v) is 6.02. The van der Waals surface area contributed by atoms with Gasteiger partial charge in [-0.05, 0) is 38.1 Å². The van der Waals surface area contributed by atoms with Gasteiger partial charge in [-0.3, -0.25) is 14.8 Å². The van der Waals surface area contributed by atoms with Crippen molar-refractivity contribution in [3.63, 3.8) is 0 Å². The number of H-pyrrole nitrogens is 1. The van der Waals surface area contributed by atoms with Crippen molar-refractivity contribution in [1.29, 1.82) is 0 Å². The van der Waals surface area contributed by atoms with E-state index in [1.807, 2.05) is 12.3 Å². The van der Waals surface area contributed by atoms with Crippen LogP contribution in [-0.4, -0.2) is 44.0 Å². The number of nitrogens with one attached hydrogen (secondary N) is 2. The Labute approximate surface area is 176 Å². The van der Waals surface area contributed by atoms with Crippen LogP contribution in [0.3, 0.4) is 0 Å². The van der Waals surface area contributed by atoms with Crippen LogP contribution in [0.1, 0.15) is 24.8 Å². The maximum Gasteiger partial charge on any atom is 0.212 e. The predicted molar refractivity (Wildman–Crippen MR) is 114 cm³/mol. The Balaban J connectivity index is 1.62. The van der Waals surface area contributed by atoms with Crippen molar-refractivity contribution in [2.45, 2.75) is 25.8 Å². The van der Waals surface area contributed by atoms with E-state index in [9.17, 15) is 4.79 Å². The average molecular weight is 427 g/mol. The molecule has 0 saturated carbocycles. The highest BCUT2D eigenvalue weighted by atomic mass is 35.5. The standard InChI is InChI=1S/C21H20ClFN6O/c22-19-18(13-4-5-17-26-16(24-12-30)11-29(17)9-13)14-8-25-27-21(14)15(20(19)23)10-28-6-2-1-3-7-28/h4-5,8-9,11-12H,1-3,6-7,10H2,(H,24,30)(H,25,27). The number of aromatic amines is 1. The van der Waals surface area contributed by atoms with Gasteiger partial charge in [0.2, 0.25) is 6.41 Å². The first kappa shape index (κ1) is 19.0. The van der Waals surface area contributed by atoms with E-state index in [0.717, 1.165) is 36.9 Å². The second kappa shape index (κ2) is 7.70. The van der Waals surface area contributed by atoms with Gasteiger partial charge >= 0.3 is 0 Å². The number of amides is 1. The number of benzene rings is 1. The summed E-state index contributed by atoms with van der Waals surface area (Å²) < 4.78 is 17.2. The lowest BCUT2D eigenvalue weighted by molar-refractivity contribution is -0.105. The molecule has 1 amide bonds. The lowest BCUT2D eigenvalue weighted by Crippen LogP contribution is -2.29. The minimum Gasteiger partial charge on any atom is -0.312 e. The molecule has 1 aliphatic rings. The first-order valence-electron chi connectivity index (χ1n) is 9.90. The number of rotatable bonds is 5. The number of nitrogens with zero attached hydrogens (tertiary/aromatic N) is 4. The molecular formula is C21H20ClFN6O. The Morgan fingerprint density at radius 2 is 2.07 bits per heavy atom. The van der Waals surface area contributed by atoms with Gasteiger partial charge in [0.1, 0.15) is 11.5 Å². The Morgan fingerprint density at radius 3 is 2.87 bits per heavy atom. The van der Waals surface area contributed by atoms with Crippen molar-refractivity contribution in [2.75, 3.05) is 18.4 Å². The number of imidazole rings is 1. The fraction of sp³-hybridized carbons (Fsp3) is 0.286. The van der Waals surface area contributed by atoms with Gasteiger partial charge in [0, 0.05) is 34.8 Å². The fourth-order valence-electron chi connectivity index (χ4n) is 4.22. The molecule has 1 aromatic carbocycles. The van der Waals surface area contributed by atoms with E-state index in [-0.39, 0.29) is 5.02 Å². The fourth-order valence-corrected chi connectivity index (χ4v) is 4.54. The number of fused-ring (bicyclic) bond motifs is 2. The lowest BCUT2D eigenvalue weighted by Gasteiger charge is -2.27. The number of halogens is 2. The monoisotopic (exact) mass is 426 g/mol. The first-order chi connectivity index (χ1) is 14.7. The summed E-state index contributed by atoms with van der Waals surface area (Å²) in [6.45, 7) is 2.43. The lowest BCUT2D eigenvalue weighted by atomic mass is 9.99. The summed E-state index contributed by atoms with van der Waals surface area (Å²) in [7, 11) is 0. The number of pyridine rings is 1. The molecule has 1 saturated heterocycles. The zero-order valence-corrected chi connectivity index (χ0v) is 16.9. The number of aromatic nitrogens is 4. The Morgan fingerprint density at radius 1 is 1.23 bits per heavy atom. The van der Waals surface area contributed by atoms with Crippen LogP contribution in [0, 0.1) is 5.82 Å². The third kappa shape index (κ3) is 3.22. The van der Waals surface area contributed by atoms with Crippen molar-refractivity contribution in [3.05, 3.63) is 47.1 Å². The van der Waals surface area contributed by atoms with Crippen molar-refractivity contribution in [2.24, 2.45) is 0 Å². The molecule has 154 valence electrons. The molecule has 9 heteroatoms. The highest BCUT2D eigenvalue weighted by Gasteiger charge is 2.23. The van der Waals surface area contributed by atoms with Crippen molar-refractivity contribution in [3.8, 4) is 11.1 Å². The molecule has 3 aromatic heterocycles. The van der Waals surface area contributed by atoms with Crippen LogP contribution in [-0.2, 0) is 11.3 Å². The van der Waals surface area contributed by atoms with Gasteiger partial charge in [0.15, 0.2) is 5.82 Å².